The summed E-state index contributed by atoms with van der Waals surface area (Å²) in [6, 6.07) is 17.3. The van der Waals surface area contributed by atoms with Crippen LogP contribution in [0.4, 0.5) is 5.82 Å². The van der Waals surface area contributed by atoms with E-state index >= 15 is 0 Å². The van der Waals surface area contributed by atoms with Gasteiger partial charge in [-0.3, -0.25) is 4.79 Å². The minimum Gasteiger partial charge on any atom is -0.352 e. The Morgan fingerprint density at radius 3 is 2.35 bits per heavy atom. The van der Waals surface area contributed by atoms with Crippen LogP contribution < -0.4 is 4.90 Å². The zero-order valence-electron chi connectivity index (χ0n) is 19.0. The van der Waals surface area contributed by atoms with Gasteiger partial charge in [-0.1, -0.05) is 41.9 Å². The summed E-state index contributed by atoms with van der Waals surface area (Å²) >= 11 is 6.27. The minimum absolute atomic E-state index is 0.0233. The van der Waals surface area contributed by atoms with Crippen molar-refractivity contribution in [3.05, 3.63) is 76.7 Å². The standard InChI is InChI=1S/C26H25ClN6O/c1-17-22-24(31-13-15-32(16-14-31)26(34)20-9-5-6-10-21(20)27)28-23(18-11-12-18)29-25(22)33(30-17)19-7-3-2-4-8-19/h2-10,18H,11-16H2,1H3. The number of nitrogens with zero attached hydrogens (tertiary/aromatic N) is 6. The van der Waals surface area contributed by atoms with Crippen LogP contribution in [0.5, 0.6) is 0 Å². The highest BCUT2D eigenvalue weighted by Crippen LogP contribution is 2.40. The molecule has 0 N–H and O–H groups in total. The summed E-state index contributed by atoms with van der Waals surface area (Å²) < 4.78 is 1.93. The van der Waals surface area contributed by atoms with Crippen LogP contribution in [0.2, 0.25) is 5.02 Å². The highest BCUT2D eigenvalue weighted by Gasteiger charge is 2.32. The van der Waals surface area contributed by atoms with E-state index in [9.17, 15) is 4.79 Å². The number of fused-ring (bicyclic) bond motifs is 1. The molecule has 3 heterocycles. The second kappa shape index (κ2) is 8.40. The molecule has 0 unspecified atom stereocenters. The Balaban J connectivity index is 1.34. The van der Waals surface area contributed by atoms with Crippen molar-refractivity contribution in [1.82, 2.24) is 24.6 Å². The molecular weight excluding hydrogens is 448 g/mol. The van der Waals surface area contributed by atoms with E-state index < -0.39 is 0 Å². The molecule has 2 aromatic heterocycles. The molecular formula is C26H25ClN6O. The second-order valence-corrected chi connectivity index (χ2v) is 9.38. The van der Waals surface area contributed by atoms with E-state index in [4.69, 9.17) is 26.7 Å². The SMILES string of the molecule is Cc1nn(-c2ccccc2)c2nc(C3CC3)nc(N3CCN(C(=O)c4ccccc4Cl)CC3)c12. The fraction of sp³-hybridized carbons (Fsp3) is 0.308. The maximum atomic E-state index is 13.0. The van der Waals surface area contributed by atoms with Crippen molar-refractivity contribution in [3.63, 3.8) is 0 Å². The van der Waals surface area contributed by atoms with Gasteiger partial charge >= 0.3 is 0 Å². The number of aryl methyl sites for hydroxylation is 1. The van der Waals surface area contributed by atoms with Crippen molar-refractivity contribution >= 4 is 34.4 Å². The number of amides is 1. The number of aromatic nitrogens is 4. The van der Waals surface area contributed by atoms with E-state index in [0.717, 1.165) is 46.9 Å². The van der Waals surface area contributed by atoms with Crippen LogP contribution in [0.25, 0.3) is 16.7 Å². The van der Waals surface area contributed by atoms with Crippen molar-refractivity contribution in [3.8, 4) is 5.69 Å². The first-order chi connectivity index (χ1) is 16.6. The van der Waals surface area contributed by atoms with Crippen LogP contribution in [-0.2, 0) is 0 Å². The van der Waals surface area contributed by atoms with Gasteiger partial charge < -0.3 is 9.80 Å². The molecule has 2 fully saturated rings. The lowest BCUT2D eigenvalue weighted by molar-refractivity contribution is 0.0747. The van der Waals surface area contributed by atoms with Gasteiger partial charge in [-0.05, 0) is 44.0 Å². The number of carbonyl (C=O) groups is 1. The molecule has 172 valence electrons. The van der Waals surface area contributed by atoms with Gasteiger partial charge in [0.2, 0.25) is 0 Å². The van der Waals surface area contributed by atoms with Crippen molar-refractivity contribution in [2.75, 3.05) is 31.1 Å². The normalized spacial score (nSPS) is 16.3. The van der Waals surface area contributed by atoms with Crippen molar-refractivity contribution < 1.29 is 4.79 Å². The van der Waals surface area contributed by atoms with Gasteiger partial charge in [0.25, 0.3) is 5.91 Å². The summed E-state index contributed by atoms with van der Waals surface area (Å²) in [6.45, 7) is 4.63. The number of halogens is 1. The minimum atomic E-state index is -0.0233. The van der Waals surface area contributed by atoms with E-state index in [2.05, 4.69) is 4.90 Å². The first kappa shape index (κ1) is 21.1. The zero-order chi connectivity index (χ0) is 23.2. The van der Waals surface area contributed by atoms with Gasteiger partial charge in [-0.15, -0.1) is 0 Å². The number of para-hydroxylation sites is 1. The Bertz CT molecular complexity index is 1370. The highest BCUT2D eigenvalue weighted by atomic mass is 35.5. The van der Waals surface area contributed by atoms with Crippen molar-refractivity contribution in [2.45, 2.75) is 25.7 Å². The van der Waals surface area contributed by atoms with Gasteiger partial charge in [0, 0.05) is 32.1 Å². The number of piperazine rings is 1. The molecule has 2 aliphatic rings. The van der Waals surface area contributed by atoms with Gasteiger partial charge in [-0.25, -0.2) is 14.6 Å². The predicted octanol–water partition coefficient (Wildman–Crippen LogP) is 4.62. The van der Waals surface area contributed by atoms with E-state index in [0.29, 0.717) is 42.7 Å². The first-order valence-electron chi connectivity index (χ1n) is 11.7. The molecule has 7 nitrogen and oxygen atoms in total. The van der Waals surface area contributed by atoms with Gasteiger partial charge in [0.05, 0.1) is 27.4 Å². The van der Waals surface area contributed by atoms with E-state index in [1.807, 2.05) is 59.0 Å². The van der Waals surface area contributed by atoms with Crippen molar-refractivity contribution in [1.29, 1.82) is 0 Å². The number of hydrogen-bond donors (Lipinski definition) is 0. The third-order valence-electron chi connectivity index (χ3n) is 6.61. The summed E-state index contributed by atoms with van der Waals surface area (Å²) in [5, 5.41) is 6.31. The smallest absolute Gasteiger partial charge is 0.255 e. The molecule has 6 rings (SSSR count). The number of hydrogen-bond acceptors (Lipinski definition) is 5. The van der Waals surface area contributed by atoms with E-state index in [1.165, 1.54) is 0 Å². The maximum Gasteiger partial charge on any atom is 0.255 e. The van der Waals surface area contributed by atoms with Crippen LogP contribution in [0, 0.1) is 6.92 Å². The average molecular weight is 473 g/mol. The Morgan fingerprint density at radius 1 is 0.941 bits per heavy atom. The molecule has 8 heteroatoms. The maximum absolute atomic E-state index is 13.0. The predicted molar refractivity (Wildman–Crippen MR) is 133 cm³/mol. The third kappa shape index (κ3) is 3.70. The Labute approximate surface area is 203 Å². The number of anilines is 1. The monoisotopic (exact) mass is 472 g/mol. The molecule has 1 saturated carbocycles. The quantitative estimate of drug-likeness (QED) is 0.433. The zero-order valence-corrected chi connectivity index (χ0v) is 19.7. The lowest BCUT2D eigenvalue weighted by Gasteiger charge is -2.36. The number of carbonyl (C=O) groups excluding carboxylic acids is 1. The van der Waals surface area contributed by atoms with Crippen LogP contribution in [-0.4, -0.2) is 56.7 Å². The molecule has 0 bridgehead atoms. The molecule has 2 aromatic carbocycles. The molecule has 0 spiro atoms. The van der Waals surface area contributed by atoms with Gasteiger partial charge in [-0.2, -0.15) is 5.10 Å². The van der Waals surface area contributed by atoms with Gasteiger partial charge in [0.15, 0.2) is 5.65 Å². The van der Waals surface area contributed by atoms with Crippen LogP contribution >= 0.6 is 11.6 Å². The van der Waals surface area contributed by atoms with Crippen LogP contribution in [0.1, 0.15) is 40.6 Å². The summed E-state index contributed by atoms with van der Waals surface area (Å²) in [7, 11) is 0. The largest absolute Gasteiger partial charge is 0.352 e. The number of benzene rings is 2. The highest BCUT2D eigenvalue weighted by molar-refractivity contribution is 6.33. The molecule has 0 radical (unpaired) electrons. The third-order valence-corrected chi connectivity index (χ3v) is 6.94. The lowest BCUT2D eigenvalue weighted by Crippen LogP contribution is -2.49. The summed E-state index contributed by atoms with van der Waals surface area (Å²) in [4.78, 5) is 27.2. The Morgan fingerprint density at radius 2 is 1.65 bits per heavy atom. The molecule has 4 aromatic rings. The fourth-order valence-electron chi connectivity index (χ4n) is 4.61. The molecule has 34 heavy (non-hydrogen) atoms. The van der Waals surface area contributed by atoms with E-state index in [1.54, 1.807) is 12.1 Å². The summed E-state index contributed by atoms with van der Waals surface area (Å²) in [5.74, 6) is 2.22. The Hall–Kier alpha value is -3.45. The van der Waals surface area contributed by atoms with Crippen LogP contribution in [0.15, 0.2) is 54.6 Å². The fourth-order valence-corrected chi connectivity index (χ4v) is 4.82. The Kier molecular flexibility index (Phi) is 5.21. The first-order valence-corrected chi connectivity index (χ1v) is 12.1. The molecule has 1 aliphatic heterocycles. The summed E-state index contributed by atoms with van der Waals surface area (Å²) in [5.41, 5.74) is 3.30. The van der Waals surface area contributed by atoms with Crippen molar-refractivity contribution in [2.24, 2.45) is 0 Å². The lowest BCUT2D eigenvalue weighted by atomic mass is 10.1. The molecule has 1 amide bonds. The summed E-state index contributed by atoms with van der Waals surface area (Å²) in [6.07, 6.45) is 2.26. The van der Waals surface area contributed by atoms with E-state index in [-0.39, 0.29) is 5.91 Å². The second-order valence-electron chi connectivity index (χ2n) is 8.97. The molecule has 1 saturated heterocycles. The topological polar surface area (TPSA) is 67.2 Å². The van der Waals surface area contributed by atoms with Gasteiger partial charge in [0.1, 0.15) is 11.6 Å². The van der Waals surface area contributed by atoms with Crippen LogP contribution in [0.3, 0.4) is 0 Å². The average Bonchev–Trinajstić information content (AvgIpc) is 3.68. The molecule has 0 atom stereocenters. The number of rotatable bonds is 4. The molecule has 1 aliphatic carbocycles.